The summed E-state index contributed by atoms with van der Waals surface area (Å²) in [6, 6.07) is 8.03. The maximum Gasteiger partial charge on any atom is 0.248 e. The number of Topliss-reactive ketones (excluding diaryl/α,β-unsaturated/α-hetero) is 1. The van der Waals surface area contributed by atoms with Crippen molar-refractivity contribution in [1.82, 2.24) is 9.97 Å². The Morgan fingerprint density at radius 2 is 1.96 bits per heavy atom. The predicted molar refractivity (Wildman–Crippen MR) is 98.5 cm³/mol. The fraction of sp³-hybridized carbons (Fsp3) is 0.350. The molecular formula is C20H18F2N2OS. The molecule has 0 N–H and O–H groups in total. The van der Waals surface area contributed by atoms with Crippen molar-refractivity contribution in [3.63, 3.8) is 0 Å². The molecule has 3 nitrogen and oxygen atoms in total. The summed E-state index contributed by atoms with van der Waals surface area (Å²) in [5, 5.41) is 2.02. The van der Waals surface area contributed by atoms with E-state index in [0.29, 0.717) is 5.69 Å². The lowest BCUT2D eigenvalue weighted by molar-refractivity contribution is -0.126. The van der Waals surface area contributed by atoms with Crippen molar-refractivity contribution in [3.05, 3.63) is 47.9 Å². The highest BCUT2D eigenvalue weighted by molar-refractivity contribution is 7.13. The number of pyridine rings is 1. The number of halogens is 2. The van der Waals surface area contributed by atoms with Gasteiger partial charge in [0.1, 0.15) is 5.78 Å². The van der Waals surface area contributed by atoms with Gasteiger partial charge in [0.2, 0.25) is 5.92 Å². The normalized spacial score (nSPS) is 17.5. The van der Waals surface area contributed by atoms with Crippen LogP contribution in [0.2, 0.25) is 0 Å². The van der Waals surface area contributed by atoms with Crippen LogP contribution in [0.1, 0.15) is 31.4 Å². The van der Waals surface area contributed by atoms with Crippen LogP contribution in [0.25, 0.3) is 21.2 Å². The fourth-order valence-corrected chi connectivity index (χ4v) is 4.10. The third-order valence-electron chi connectivity index (χ3n) is 5.02. The predicted octanol–water partition coefficient (Wildman–Crippen LogP) is 5.30. The van der Waals surface area contributed by atoms with Crippen molar-refractivity contribution in [3.8, 4) is 10.4 Å². The first-order valence-corrected chi connectivity index (χ1v) is 9.56. The van der Waals surface area contributed by atoms with E-state index in [4.69, 9.17) is 0 Å². The first-order chi connectivity index (χ1) is 12.5. The first kappa shape index (κ1) is 17.2. The summed E-state index contributed by atoms with van der Waals surface area (Å²) >= 11 is 1.58. The molecule has 1 aromatic carbocycles. The first-order valence-electron chi connectivity index (χ1n) is 8.68. The summed E-state index contributed by atoms with van der Waals surface area (Å²) in [4.78, 5) is 22.1. The summed E-state index contributed by atoms with van der Waals surface area (Å²) in [7, 11) is 0. The molecule has 0 spiro atoms. The number of hydrogen-bond acceptors (Lipinski definition) is 4. The van der Waals surface area contributed by atoms with Gasteiger partial charge in [-0.3, -0.25) is 14.8 Å². The Morgan fingerprint density at radius 1 is 1.15 bits per heavy atom. The Bertz CT molecular complexity index is 930. The van der Waals surface area contributed by atoms with Gasteiger partial charge < -0.3 is 0 Å². The molecule has 0 atom stereocenters. The van der Waals surface area contributed by atoms with Crippen LogP contribution in [-0.2, 0) is 11.2 Å². The highest BCUT2D eigenvalue weighted by atomic mass is 32.1. The van der Waals surface area contributed by atoms with Gasteiger partial charge in [-0.15, -0.1) is 11.3 Å². The molecule has 0 bridgehead atoms. The molecule has 4 rings (SSSR count). The summed E-state index contributed by atoms with van der Waals surface area (Å²) in [5.74, 6) is -2.85. The number of carbonyl (C=O) groups excluding carboxylic acids is 1. The molecule has 0 unspecified atom stereocenters. The van der Waals surface area contributed by atoms with E-state index in [0.717, 1.165) is 21.2 Å². The third-order valence-corrected chi connectivity index (χ3v) is 5.85. The summed E-state index contributed by atoms with van der Waals surface area (Å²) in [6.45, 7) is 0. The number of aromatic nitrogens is 2. The molecule has 3 aromatic rings. The van der Waals surface area contributed by atoms with Crippen LogP contribution < -0.4 is 0 Å². The van der Waals surface area contributed by atoms with Gasteiger partial charge in [-0.25, -0.2) is 8.78 Å². The van der Waals surface area contributed by atoms with E-state index in [-0.39, 0.29) is 43.8 Å². The van der Waals surface area contributed by atoms with Crippen LogP contribution >= 0.6 is 11.3 Å². The molecule has 1 aliphatic rings. The van der Waals surface area contributed by atoms with Crippen molar-refractivity contribution in [2.75, 3.05) is 0 Å². The van der Waals surface area contributed by atoms with E-state index < -0.39 is 5.92 Å². The van der Waals surface area contributed by atoms with Gasteiger partial charge >= 0.3 is 0 Å². The summed E-state index contributed by atoms with van der Waals surface area (Å²) in [6.07, 6.45) is 3.97. The molecule has 1 fully saturated rings. The number of hydrogen-bond donors (Lipinski definition) is 0. The molecule has 2 heterocycles. The summed E-state index contributed by atoms with van der Waals surface area (Å²) < 4.78 is 26.5. The fourth-order valence-electron chi connectivity index (χ4n) is 3.48. The van der Waals surface area contributed by atoms with E-state index in [2.05, 4.69) is 16.0 Å². The molecule has 1 aliphatic carbocycles. The zero-order valence-electron chi connectivity index (χ0n) is 14.1. The SMILES string of the molecule is O=C(Cc1cc2cc(-c3cncs3)ccc2cn1)C1CCC(F)(F)CC1. The van der Waals surface area contributed by atoms with E-state index in [1.807, 2.05) is 24.4 Å². The van der Waals surface area contributed by atoms with Crippen LogP contribution in [0.4, 0.5) is 8.78 Å². The number of carbonyl (C=O) groups is 1. The number of ketones is 1. The quantitative estimate of drug-likeness (QED) is 0.624. The minimum Gasteiger partial charge on any atom is -0.299 e. The molecule has 0 aliphatic heterocycles. The highest BCUT2D eigenvalue weighted by Gasteiger charge is 2.37. The lowest BCUT2D eigenvalue weighted by Gasteiger charge is -2.27. The Hall–Kier alpha value is -2.21. The Labute approximate surface area is 154 Å². The van der Waals surface area contributed by atoms with Crippen molar-refractivity contribution in [2.45, 2.75) is 38.0 Å². The average molecular weight is 372 g/mol. The van der Waals surface area contributed by atoms with Gasteiger partial charge in [0.05, 0.1) is 10.4 Å². The van der Waals surface area contributed by atoms with Gasteiger partial charge in [0.25, 0.3) is 0 Å². The van der Waals surface area contributed by atoms with E-state index in [9.17, 15) is 13.6 Å². The monoisotopic (exact) mass is 372 g/mol. The molecule has 134 valence electrons. The van der Waals surface area contributed by atoms with E-state index in [1.165, 1.54) is 0 Å². The van der Waals surface area contributed by atoms with Crippen molar-refractivity contribution >= 4 is 27.9 Å². The Morgan fingerprint density at radius 3 is 2.69 bits per heavy atom. The smallest absolute Gasteiger partial charge is 0.248 e. The number of rotatable bonds is 4. The number of alkyl halides is 2. The number of benzene rings is 1. The second-order valence-corrected chi connectivity index (χ2v) is 7.76. The summed E-state index contributed by atoms with van der Waals surface area (Å²) in [5.41, 5.74) is 3.57. The van der Waals surface area contributed by atoms with Crippen LogP contribution in [0, 0.1) is 5.92 Å². The lowest BCUT2D eigenvalue weighted by Crippen LogP contribution is -2.29. The largest absolute Gasteiger partial charge is 0.299 e. The number of nitrogens with zero attached hydrogens (tertiary/aromatic N) is 2. The maximum atomic E-state index is 13.3. The van der Waals surface area contributed by atoms with Crippen molar-refractivity contribution in [2.24, 2.45) is 5.92 Å². The molecule has 0 saturated heterocycles. The Kier molecular flexibility index (Phi) is 4.53. The molecule has 6 heteroatoms. The van der Waals surface area contributed by atoms with Gasteiger partial charge in [-0.1, -0.05) is 12.1 Å². The van der Waals surface area contributed by atoms with Crippen LogP contribution in [-0.4, -0.2) is 21.7 Å². The molecular weight excluding hydrogens is 354 g/mol. The molecule has 0 amide bonds. The molecule has 0 radical (unpaired) electrons. The van der Waals surface area contributed by atoms with Gasteiger partial charge in [0.15, 0.2) is 0 Å². The van der Waals surface area contributed by atoms with Gasteiger partial charge in [-0.2, -0.15) is 0 Å². The zero-order chi connectivity index (χ0) is 18.1. The number of fused-ring (bicyclic) bond motifs is 1. The minimum absolute atomic E-state index is 0.0194. The molecule has 2 aromatic heterocycles. The third kappa shape index (κ3) is 3.65. The second-order valence-electron chi connectivity index (χ2n) is 6.88. The average Bonchev–Trinajstić information content (AvgIpc) is 3.15. The molecule has 26 heavy (non-hydrogen) atoms. The highest BCUT2D eigenvalue weighted by Crippen LogP contribution is 2.37. The topological polar surface area (TPSA) is 42.9 Å². The molecule has 1 saturated carbocycles. The van der Waals surface area contributed by atoms with E-state index in [1.54, 1.807) is 23.0 Å². The van der Waals surface area contributed by atoms with Gasteiger partial charge in [0, 0.05) is 48.7 Å². The lowest BCUT2D eigenvalue weighted by atomic mass is 9.83. The zero-order valence-corrected chi connectivity index (χ0v) is 14.9. The maximum absolute atomic E-state index is 13.3. The number of thiazole rings is 1. The Balaban J connectivity index is 1.52. The van der Waals surface area contributed by atoms with Crippen LogP contribution in [0.5, 0.6) is 0 Å². The second kappa shape index (κ2) is 6.83. The van der Waals surface area contributed by atoms with Crippen LogP contribution in [0.15, 0.2) is 42.2 Å². The standard InChI is InChI=1S/C20H18F2N2OS/c21-20(22)5-3-13(4-6-20)18(25)9-17-8-16-7-14(19-11-23-12-26-19)1-2-15(16)10-24-17/h1-2,7-8,10-13H,3-6,9H2. The van der Waals surface area contributed by atoms with Gasteiger partial charge in [-0.05, 0) is 35.9 Å². The minimum atomic E-state index is -2.61. The van der Waals surface area contributed by atoms with Crippen LogP contribution in [0.3, 0.4) is 0 Å². The van der Waals surface area contributed by atoms with E-state index >= 15 is 0 Å². The van der Waals surface area contributed by atoms with Crippen molar-refractivity contribution in [1.29, 1.82) is 0 Å². The van der Waals surface area contributed by atoms with Crippen molar-refractivity contribution < 1.29 is 13.6 Å².